The smallest absolute Gasteiger partial charge is 0.253 e. The van der Waals surface area contributed by atoms with Gasteiger partial charge in [0.25, 0.3) is 5.91 Å². The van der Waals surface area contributed by atoms with Gasteiger partial charge in [0.05, 0.1) is 13.2 Å². The lowest BCUT2D eigenvalue weighted by atomic mass is 10.1. The second kappa shape index (κ2) is 11.0. The Balaban J connectivity index is 1.68. The van der Waals surface area contributed by atoms with E-state index in [1.807, 2.05) is 30.1 Å². The summed E-state index contributed by atoms with van der Waals surface area (Å²) in [6.45, 7) is 10.3. The summed E-state index contributed by atoms with van der Waals surface area (Å²) in [5.74, 6) is 0.0509. The highest BCUT2D eigenvalue weighted by Gasteiger charge is 2.18. The minimum absolute atomic E-state index is 0.0509. The summed E-state index contributed by atoms with van der Waals surface area (Å²) in [7, 11) is 1.88. The minimum atomic E-state index is 0.0509. The largest absolute Gasteiger partial charge is 0.378 e. The number of carbonyl (C=O) groups excluding carboxylic acids is 1. The Morgan fingerprint density at radius 2 is 1.73 bits per heavy atom. The maximum atomic E-state index is 13.0. The molecule has 162 valence electrons. The molecule has 30 heavy (non-hydrogen) atoms. The zero-order valence-electron chi connectivity index (χ0n) is 18.6. The first kappa shape index (κ1) is 22.2. The summed E-state index contributed by atoms with van der Waals surface area (Å²) in [6, 6.07) is 16.4. The van der Waals surface area contributed by atoms with E-state index >= 15 is 0 Å². The van der Waals surface area contributed by atoms with Crippen molar-refractivity contribution in [1.29, 1.82) is 0 Å². The highest BCUT2D eigenvalue weighted by Crippen LogP contribution is 2.24. The van der Waals surface area contributed by atoms with Crippen molar-refractivity contribution in [2.24, 2.45) is 0 Å². The molecule has 0 atom stereocenters. The van der Waals surface area contributed by atoms with Crippen LogP contribution in [0.15, 0.2) is 48.5 Å². The van der Waals surface area contributed by atoms with Crippen molar-refractivity contribution in [3.63, 3.8) is 0 Å². The van der Waals surface area contributed by atoms with E-state index in [4.69, 9.17) is 4.74 Å². The molecule has 1 amide bonds. The number of rotatable bonds is 9. The van der Waals surface area contributed by atoms with Gasteiger partial charge in [-0.1, -0.05) is 31.5 Å². The zero-order chi connectivity index (χ0) is 21.3. The SMILES string of the molecule is CCCCN(CC)c1ccc(C(=O)N(C)Cc2ccccc2N2CCOCC2)cc1. The van der Waals surface area contributed by atoms with E-state index in [1.54, 1.807) is 0 Å². The van der Waals surface area contributed by atoms with Crippen LogP contribution in [-0.4, -0.2) is 57.2 Å². The third kappa shape index (κ3) is 5.54. The lowest BCUT2D eigenvalue weighted by molar-refractivity contribution is 0.0785. The Morgan fingerprint density at radius 3 is 2.40 bits per heavy atom. The second-order valence-corrected chi connectivity index (χ2v) is 7.87. The van der Waals surface area contributed by atoms with Crippen LogP contribution >= 0.6 is 0 Å². The number of carbonyl (C=O) groups is 1. The molecule has 5 nitrogen and oxygen atoms in total. The number of morpholine rings is 1. The van der Waals surface area contributed by atoms with E-state index in [1.165, 1.54) is 29.8 Å². The second-order valence-electron chi connectivity index (χ2n) is 7.87. The van der Waals surface area contributed by atoms with Gasteiger partial charge in [0.2, 0.25) is 0 Å². The maximum absolute atomic E-state index is 13.0. The quantitative estimate of drug-likeness (QED) is 0.614. The molecule has 2 aromatic rings. The van der Waals surface area contributed by atoms with Crippen LogP contribution in [0, 0.1) is 0 Å². The van der Waals surface area contributed by atoms with E-state index in [0.29, 0.717) is 6.54 Å². The maximum Gasteiger partial charge on any atom is 0.253 e. The molecule has 1 saturated heterocycles. The van der Waals surface area contributed by atoms with Crippen molar-refractivity contribution in [3.8, 4) is 0 Å². The van der Waals surface area contributed by atoms with Crippen LogP contribution in [0.1, 0.15) is 42.6 Å². The third-order valence-corrected chi connectivity index (χ3v) is 5.74. The Kier molecular flexibility index (Phi) is 8.14. The molecule has 1 aliphatic heterocycles. The Bertz CT molecular complexity index is 800. The van der Waals surface area contributed by atoms with Crippen LogP contribution in [0.25, 0.3) is 0 Å². The van der Waals surface area contributed by atoms with Crippen molar-refractivity contribution in [1.82, 2.24) is 4.90 Å². The summed E-state index contributed by atoms with van der Waals surface area (Å²) < 4.78 is 5.48. The molecule has 0 saturated carbocycles. The monoisotopic (exact) mass is 409 g/mol. The van der Waals surface area contributed by atoms with Gasteiger partial charge in [-0.15, -0.1) is 0 Å². The number of nitrogens with zero attached hydrogens (tertiary/aromatic N) is 3. The van der Waals surface area contributed by atoms with Gasteiger partial charge in [0.15, 0.2) is 0 Å². The minimum Gasteiger partial charge on any atom is -0.378 e. The van der Waals surface area contributed by atoms with Crippen molar-refractivity contribution in [3.05, 3.63) is 59.7 Å². The number of para-hydroxylation sites is 1. The molecule has 0 aliphatic carbocycles. The molecule has 1 heterocycles. The van der Waals surface area contributed by atoms with E-state index in [2.05, 4.69) is 54.0 Å². The number of unbranched alkanes of at least 4 members (excludes halogenated alkanes) is 1. The Labute approximate surface area is 181 Å². The van der Waals surface area contributed by atoms with E-state index < -0.39 is 0 Å². The van der Waals surface area contributed by atoms with Crippen LogP contribution in [0.4, 0.5) is 11.4 Å². The topological polar surface area (TPSA) is 36.0 Å². The van der Waals surface area contributed by atoms with Gasteiger partial charge < -0.3 is 19.4 Å². The molecule has 0 N–H and O–H groups in total. The van der Waals surface area contributed by atoms with Crippen molar-refractivity contribution in [2.75, 3.05) is 56.2 Å². The fraction of sp³-hybridized carbons (Fsp3) is 0.480. The molecule has 1 aliphatic rings. The zero-order valence-corrected chi connectivity index (χ0v) is 18.6. The molecule has 2 aromatic carbocycles. The molecular formula is C25H35N3O2. The van der Waals surface area contributed by atoms with Gasteiger partial charge in [-0.3, -0.25) is 4.79 Å². The van der Waals surface area contributed by atoms with Gasteiger partial charge in [0, 0.05) is 56.7 Å². The van der Waals surface area contributed by atoms with Crippen molar-refractivity contribution >= 4 is 17.3 Å². The summed E-state index contributed by atoms with van der Waals surface area (Å²) in [4.78, 5) is 19.6. The van der Waals surface area contributed by atoms with E-state index in [0.717, 1.165) is 45.0 Å². The number of ether oxygens (including phenoxy) is 1. The van der Waals surface area contributed by atoms with Gasteiger partial charge in [-0.05, 0) is 49.2 Å². The van der Waals surface area contributed by atoms with E-state index in [-0.39, 0.29) is 5.91 Å². The predicted octanol–water partition coefficient (Wildman–Crippen LogP) is 4.42. The Hall–Kier alpha value is -2.53. The van der Waals surface area contributed by atoms with Crippen LogP contribution < -0.4 is 9.80 Å². The first-order valence-electron chi connectivity index (χ1n) is 11.1. The molecular weight excluding hydrogens is 374 g/mol. The highest BCUT2D eigenvalue weighted by molar-refractivity contribution is 5.94. The highest BCUT2D eigenvalue weighted by atomic mass is 16.5. The lowest BCUT2D eigenvalue weighted by Crippen LogP contribution is -2.37. The van der Waals surface area contributed by atoms with Crippen molar-refractivity contribution in [2.45, 2.75) is 33.2 Å². The van der Waals surface area contributed by atoms with Crippen LogP contribution in [-0.2, 0) is 11.3 Å². The predicted molar refractivity (Wildman–Crippen MR) is 125 cm³/mol. The average molecular weight is 410 g/mol. The standard InChI is InChI=1S/C25H35N3O2/c1-4-6-15-27(5-2)23-13-11-21(12-14-23)25(29)26(3)20-22-9-7-8-10-24(22)28-16-18-30-19-17-28/h7-14H,4-6,15-20H2,1-3H3. The van der Waals surface area contributed by atoms with Crippen LogP contribution in [0.5, 0.6) is 0 Å². The third-order valence-electron chi connectivity index (χ3n) is 5.74. The van der Waals surface area contributed by atoms with Gasteiger partial charge in [0.1, 0.15) is 0 Å². The number of benzene rings is 2. The summed E-state index contributed by atoms with van der Waals surface area (Å²) in [5.41, 5.74) is 4.29. The molecule has 0 spiro atoms. The number of amides is 1. The normalized spacial score (nSPS) is 13.9. The summed E-state index contributed by atoms with van der Waals surface area (Å²) in [5, 5.41) is 0. The van der Waals surface area contributed by atoms with Gasteiger partial charge in [-0.2, -0.15) is 0 Å². The van der Waals surface area contributed by atoms with Gasteiger partial charge in [-0.25, -0.2) is 0 Å². The lowest BCUT2D eigenvalue weighted by Gasteiger charge is -2.31. The van der Waals surface area contributed by atoms with Crippen LogP contribution in [0.2, 0.25) is 0 Å². The molecule has 0 unspecified atom stereocenters. The molecule has 0 bridgehead atoms. The van der Waals surface area contributed by atoms with Gasteiger partial charge >= 0.3 is 0 Å². The molecule has 1 fully saturated rings. The van der Waals surface area contributed by atoms with E-state index in [9.17, 15) is 4.79 Å². The van der Waals surface area contributed by atoms with Crippen molar-refractivity contribution < 1.29 is 9.53 Å². The first-order chi connectivity index (χ1) is 14.6. The van der Waals surface area contributed by atoms with Crippen LogP contribution in [0.3, 0.4) is 0 Å². The fourth-order valence-electron chi connectivity index (χ4n) is 3.94. The molecule has 0 aromatic heterocycles. The summed E-state index contributed by atoms with van der Waals surface area (Å²) >= 11 is 0. The molecule has 5 heteroatoms. The number of hydrogen-bond acceptors (Lipinski definition) is 4. The fourth-order valence-corrected chi connectivity index (χ4v) is 3.94. The number of anilines is 2. The first-order valence-corrected chi connectivity index (χ1v) is 11.1. The number of hydrogen-bond donors (Lipinski definition) is 0. The Morgan fingerprint density at radius 1 is 1.03 bits per heavy atom. The summed E-state index contributed by atoms with van der Waals surface area (Å²) in [6.07, 6.45) is 2.36. The molecule has 3 rings (SSSR count). The molecule has 0 radical (unpaired) electrons. The average Bonchev–Trinajstić information content (AvgIpc) is 2.80.